The number of H-pyrrole nitrogens is 1. The van der Waals surface area contributed by atoms with Gasteiger partial charge in [0.1, 0.15) is 17.5 Å². The minimum atomic E-state index is -0.951. The zero-order valence-electron chi connectivity index (χ0n) is 16.4. The van der Waals surface area contributed by atoms with Crippen molar-refractivity contribution >= 4 is 17.5 Å². The summed E-state index contributed by atoms with van der Waals surface area (Å²) in [6, 6.07) is 5.61. The van der Waals surface area contributed by atoms with Gasteiger partial charge in [0, 0.05) is 29.8 Å². The summed E-state index contributed by atoms with van der Waals surface area (Å²) in [5.74, 6) is -2.73. The average Bonchev–Trinajstić information content (AvgIpc) is 3.01. The molecule has 0 fully saturated rings. The van der Waals surface area contributed by atoms with Gasteiger partial charge in [0.2, 0.25) is 5.91 Å². The minimum Gasteiger partial charge on any atom is -0.351 e. The van der Waals surface area contributed by atoms with Crippen LogP contribution in [0, 0.1) is 22.9 Å². The van der Waals surface area contributed by atoms with Crippen molar-refractivity contribution < 1.29 is 18.0 Å². The molecule has 9 heteroatoms. The second-order valence-electron chi connectivity index (χ2n) is 7.77. The van der Waals surface area contributed by atoms with Crippen molar-refractivity contribution in [2.45, 2.75) is 27.3 Å². The fraction of sp³-hybridized carbons (Fsp3) is 0.238. The van der Waals surface area contributed by atoms with Crippen LogP contribution in [0.1, 0.15) is 26.3 Å². The van der Waals surface area contributed by atoms with Gasteiger partial charge in [-0.3, -0.25) is 9.36 Å². The van der Waals surface area contributed by atoms with E-state index < -0.39 is 28.6 Å². The van der Waals surface area contributed by atoms with Crippen LogP contribution in [0.5, 0.6) is 0 Å². The predicted octanol–water partition coefficient (Wildman–Crippen LogP) is 4.57. The number of nitrogens with zero attached hydrogens (tertiary/aromatic N) is 1. The van der Waals surface area contributed by atoms with Gasteiger partial charge in [-0.2, -0.15) is 0 Å². The number of nitrogens with one attached hydrogen (secondary N) is 2. The summed E-state index contributed by atoms with van der Waals surface area (Å²) in [5.41, 5.74) is -1.53. The smallest absolute Gasteiger partial charge is 0.330 e. The lowest BCUT2D eigenvalue weighted by Gasteiger charge is -2.18. The lowest BCUT2D eigenvalue weighted by Crippen LogP contribution is -2.34. The molecule has 0 radical (unpaired) electrons. The fourth-order valence-corrected chi connectivity index (χ4v) is 3.05. The minimum absolute atomic E-state index is 0.00947. The number of imidazole rings is 1. The topological polar surface area (TPSA) is 66.9 Å². The first-order valence-corrected chi connectivity index (χ1v) is 9.39. The van der Waals surface area contributed by atoms with Crippen molar-refractivity contribution in [2.75, 3.05) is 0 Å². The fourth-order valence-electron chi connectivity index (χ4n) is 2.80. The number of rotatable bonds is 4. The summed E-state index contributed by atoms with van der Waals surface area (Å²) in [6.45, 7) is 5.11. The third kappa shape index (κ3) is 4.28. The number of aromatic nitrogens is 2. The molecule has 2 N–H and O–H groups in total. The van der Waals surface area contributed by atoms with Gasteiger partial charge < -0.3 is 10.3 Å². The zero-order chi connectivity index (χ0) is 22.2. The SMILES string of the molecule is CC(C)(C)C(=O)NCc1ccc(Cl)c(-c2cn(-c3ccc(F)cc3F)c(=O)[nH]2)c1F. The number of hydrogen-bond donors (Lipinski definition) is 2. The van der Waals surface area contributed by atoms with E-state index in [1.54, 1.807) is 20.8 Å². The first kappa shape index (κ1) is 21.7. The number of amides is 1. The Hall–Kier alpha value is -3.00. The van der Waals surface area contributed by atoms with E-state index in [1.807, 2.05) is 0 Å². The number of benzene rings is 2. The predicted molar refractivity (Wildman–Crippen MR) is 108 cm³/mol. The van der Waals surface area contributed by atoms with E-state index in [0.717, 1.165) is 16.7 Å². The van der Waals surface area contributed by atoms with Gasteiger partial charge >= 0.3 is 5.69 Å². The van der Waals surface area contributed by atoms with Crippen LogP contribution in [0.25, 0.3) is 16.9 Å². The molecule has 1 aromatic heterocycles. The molecule has 3 aromatic rings. The second-order valence-corrected chi connectivity index (χ2v) is 8.17. The molecule has 0 saturated heterocycles. The molecular weight excluding hydrogens is 419 g/mol. The van der Waals surface area contributed by atoms with Crippen LogP contribution >= 0.6 is 11.6 Å². The van der Waals surface area contributed by atoms with Crippen LogP contribution in [0.4, 0.5) is 13.2 Å². The van der Waals surface area contributed by atoms with Gasteiger partial charge in [0.25, 0.3) is 0 Å². The van der Waals surface area contributed by atoms with Crippen molar-refractivity contribution in [3.63, 3.8) is 0 Å². The first-order valence-electron chi connectivity index (χ1n) is 9.01. The Morgan fingerprint density at radius 1 is 1.17 bits per heavy atom. The normalized spacial score (nSPS) is 11.6. The van der Waals surface area contributed by atoms with Crippen molar-refractivity contribution in [3.05, 3.63) is 75.1 Å². The average molecular weight is 438 g/mol. The Kier molecular flexibility index (Phi) is 5.81. The van der Waals surface area contributed by atoms with E-state index in [9.17, 15) is 18.4 Å². The molecule has 0 saturated carbocycles. The molecule has 0 atom stereocenters. The Labute approximate surface area is 175 Å². The maximum atomic E-state index is 15.2. The molecule has 0 spiro atoms. The van der Waals surface area contributed by atoms with Crippen LogP contribution in [0.2, 0.25) is 5.02 Å². The highest BCUT2D eigenvalue weighted by Gasteiger charge is 2.23. The first-order chi connectivity index (χ1) is 14.0. The van der Waals surface area contributed by atoms with Gasteiger partial charge in [0.05, 0.1) is 22.0 Å². The number of aromatic amines is 1. The van der Waals surface area contributed by atoms with E-state index in [4.69, 9.17) is 11.6 Å². The van der Waals surface area contributed by atoms with Crippen LogP contribution < -0.4 is 11.0 Å². The lowest BCUT2D eigenvalue weighted by atomic mass is 9.95. The van der Waals surface area contributed by atoms with E-state index in [2.05, 4.69) is 10.3 Å². The van der Waals surface area contributed by atoms with Gasteiger partial charge in [-0.25, -0.2) is 18.0 Å². The standard InChI is InChI=1S/C21H19ClF3N3O2/c1-21(2,3)19(29)26-9-11-4-6-13(22)17(18(11)25)15-10-28(20(30)27-15)16-7-5-12(23)8-14(16)24/h4-8,10H,9H2,1-3H3,(H,26,29)(H,27,30). The third-order valence-electron chi connectivity index (χ3n) is 4.45. The number of halogens is 4. The maximum absolute atomic E-state index is 15.2. The molecule has 5 nitrogen and oxygen atoms in total. The molecule has 0 aliphatic rings. The summed E-state index contributed by atoms with van der Waals surface area (Å²) in [5, 5.41) is 2.67. The molecule has 0 unspecified atom stereocenters. The Balaban J connectivity index is 2.00. The van der Waals surface area contributed by atoms with Crippen LogP contribution in [-0.2, 0) is 11.3 Å². The molecule has 0 aliphatic heterocycles. The highest BCUT2D eigenvalue weighted by molar-refractivity contribution is 6.33. The Morgan fingerprint density at radius 3 is 2.50 bits per heavy atom. The monoisotopic (exact) mass is 437 g/mol. The summed E-state index contributed by atoms with van der Waals surface area (Å²) >= 11 is 6.15. The summed E-state index contributed by atoms with van der Waals surface area (Å²) < 4.78 is 43.3. The molecule has 1 heterocycles. The highest BCUT2D eigenvalue weighted by atomic mass is 35.5. The van der Waals surface area contributed by atoms with E-state index in [-0.39, 0.29) is 40.0 Å². The molecular formula is C21H19ClF3N3O2. The lowest BCUT2D eigenvalue weighted by molar-refractivity contribution is -0.128. The Morgan fingerprint density at radius 2 is 1.87 bits per heavy atom. The molecule has 3 rings (SSSR count). The third-order valence-corrected chi connectivity index (χ3v) is 4.76. The zero-order valence-corrected chi connectivity index (χ0v) is 17.2. The molecule has 0 bridgehead atoms. The maximum Gasteiger partial charge on any atom is 0.330 e. The summed E-state index contributed by atoms with van der Waals surface area (Å²) in [4.78, 5) is 26.8. The van der Waals surface area contributed by atoms with Gasteiger partial charge in [0.15, 0.2) is 0 Å². The molecule has 0 aliphatic carbocycles. The summed E-state index contributed by atoms with van der Waals surface area (Å²) in [7, 11) is 0. The van der Waals surface area contributed by atoms with Gasteiger partial charge in [-0.05, 0) is 18.2 Å². The van der Waals surface area contributed by atoms with Crippen molar-refractivity contribution in [2.24, 2.45) is 5.41 Å². The molecule has 30 heavy (non-hydrogen) atoms. The van der Waals surface area contributed by atoms with E-state index >= 15 is 4.39 Å². The van der Waals surface area contributed by atoms with Crippen molar-refractivity contribution in [3.8, 4) is 16.9 Å². The molecule has 1 amide bonds. The quantitative estimate of drug-likeness (QED) is 0.628. The highest BCUT2D eigenvalue weighted by Crippen LogP contribution is 2.31. The van der Waals surface area contributed by atoms with Crippen molar-refractivity contribution in [1.82, 2.24) is 14.9 Å². The van der Waals surface area contributed by atoms with Crippen LogP contribution in [-0.4, -0.2) is 15.5 Å². The Bertz CT molecular complexity index is 1180. The van der Waals surface area contributed by atoms with Crippen LogP contribution in [0.15, 0.2) is 41.3 Å². The second kappa shape index (κ2) is 8.02. The molecule has 158 valence electrons. The van der Waals surface area contributed by atoms with Gasteiger partial charge in [-0.1, -0.05) is 38.4 Å². The number of carbonyl (C=O) groups excluding carboxylic acids is 1. The van der Waals surface area contributed by atoms with Crippen molar-refractivity contribution in [1.29, 1.82) is 0 Å². The largest absolute Gasteiger partial charge is 0.351 e. The van der Waals surface area contributed by atoms with E-state index in [1.165, 1.54) is 18.3 Å². The molecule has 2 aromatic carbocycles. The van der Waals surface area contributed by atoms with E-state index in [0.29, 0.717) is 6.07 Å². The van der Waals surface area contributed by atoms with Crippen LogP contribution in [0.3, 0.4) is 0 Å². The summed E-state index contributed by atoms with van der Waals surface area (Å²) in [6.07, 6.45) is 1.18. The number of carbonyl (C=O) groups is 1. The van der Waals surface area contributed by atoms with Gasteiger partial charge in [-0.15, -0.1) is 0 Å². The number of hydrogen-bond acceptors (Lipinski definition) is 2.